The fraction of sp³-hybridized carbons (Fsp3) is 0.429. The largest absolute Gasteiger partial charge is 0.497 e. The topological polar surface area (TPSA) is 21.3 Å². The fourth-order valence-electron chi connectivity index (χ4n) is 1.82. The zero-order valence-electron chi connectivity index (χ0n) is 9.61. The van der Waals surface area contributed by atoms with Gasteiger partial charge in [-0.25, -0.2) is 0 Å². The van der Waals surface area contributed by atoms with Gasteiger partial charge in [0.2, 0.25) is 0 Å². The van der Waals surface area contributed by atoms with Gasteiger partial charge in [-0.3, -0.25) is 0 Å². The van der Waals surface area contributed by atoms with E-state index in [1.807, 2.05) is 0 Å². The highest BCUT2D eigenvalue weighted by molar-refractivity contribution is 5.14. The number of benzene rings is 1. The van der Waals surface area contributed by atoms with Gasteiger partial charge in [-0.1, -0.05) is 30.3 Å². The molecule has 2 rings (SSSR count). The zero-order chi connectivity index (χ0) is 11.1. The van der Waals surface area contributed by atoms with Crippen molar-refractivity contribution in [3.8, 4) is 0 Å². The van der Waals surface area contributed by atoms with E-state index in [2.05, 4.69) is 41.7 Å². The molecule has 86 valence electrons. The second kappa shape index (κ2) is 6.33. The van der Waals surface area contributed by atoms with Crippen LogP contribution in [-0.2, 0) is 11.2 Å². The third-order valence-electron chi connectivity index (χ3n) is 2.74. The Hall–Kier alpha value is -1.28. The second-order valence-corrected chi connectivity index (χ2v) is 4.07. The predicted molar refractivity (Wildman–Crippen MR) is 66.3 cm³/mol. The van der Waals surface area contributed by atoms with Crippen LogP contribution in [0, 0.1) is 0 Å². The first kappa shape index (κ1) is 11.2. The third kappa shape index (κ3) is 3.70. The van der Waals surface area contributed by atoms with Crippen molar-refractivity contribution in [1.29, 1.82) is 0 Å². The summed E-state index contributed by atoms with van der Waals surface area (Å²) in [6.07, 6.45) is 5.59. The summed E-state index contributed by atoms with van der Waals surface area (Å²) in [7, 11) is 0. The van der Waals surface area contributed by atoms with Crippen LogP contribution in [0.2, 0.25) is 0 Å². The molecule has 0 atom stereocenters. The van der Waals surface area contributed by atoms with E-state index in [0.29, 0.717) is 0 Å². The number of nitrogens with one attached hydrogen (secondary N) is 1. The van der Waals surface area contributed by atoms with Crippen LogP contribution in [0.1, 0.15) is 18.4 Å². The van der Waals surface area contributed by atoms with E-state index in [1.54, 1.807) is 0 Å². The van der Waals surface area contributed by atoms with Crippen LogP contribution in [0.3, 0.4) is 0 Å². The Balaban J connectivity index is 1.63. The van der Waals surface area contributed by atoms with Crippen molar-refractivity contribution < 1.29 is 4.74 Å². The molecule has 1 aliphatic heterocycles. The molecule has 1 aromatic carbocycles. The molecule has 1 aliphatic rings. The Kier molecular flexibility index (Phi) is 4.44. The molecular weight excluding hydrogens is 198 g/mol. The third-order valence-corrected chi connectivity index (χ3v) is 2.74. The molecule has 16 heavy (non-hydrogen) atoms. The van der Waals surface area contributed by atoms with E-state index in [9.17, 15) is 0 Å². The highest BCUT2D eigenvalue weighted by Crippen LogP contribution is 2.08. The van der Waals surface area contributed by atoms with Crippen LogP contribution in [0.4, 0.5) is 0 Å². The SMILES string of the molecule is C1=C(CNCCc2ccccc2)OCCC1. The number of hydrogen-bond donors (Lipinski definition) is 1. The first-order valence-electron chi connectivity index (χ1n) is 6.01. The first-order valence-corrected chi connectivity index (χ1v) is 6.01. The average Bonchev–Trinajstić information content (AvgIpc) is 2.37. The van der Waals surface area contributed by atoms with Crippen LogP contribution in [-0.4, -0.2) is 19.7 Å². The maximum atomic E-state index is 5.53. The molecule has 0 aliphatic carbocycles. The van der Waals surface area contributed by atoms with Gasteiger partial charge in [-0.2, -0.15) is 0 Å². The smallest absolute Gasteiger partial charge is 0.106 e. The quantitative estimate of drug-likeness (QED) is 0.765. The first-order chi connectivity index (χ1) is 7.95. The molecule has 1 aromatic rings. The van der Waals surface area contributed by atoms with Gasteiger partial charge in [0.25, 0.3) is 0 Å². The molecule has 0 unspecified atom stereocenters. The molecule has 2 nitrogen and oxygen atoms in total. The molecule has 0 bridgehead atoms. The number of hydrogen-bond acceptors (Lipinski definition) is 2. The van der Waals surface area contributed by atoms with Crippen molar-refractivity contribution in [3.63, 3.8) is 0 Å². The summed E-state index contributed by atoms with van der Waals surface area (Å²) in [6.45, 7) is 2.75. The maximum Gasteiger partial charge on any atom is 0.106 e. The lowest BCUT2D eigenvalue weighted by atomic mass is 10.1. The Morgan fingerprint density at radius 1 is 1.19 bits per heavy atom. The molecule has 0 spiro atoms. The highest BCUT2D eigenvalue weighted by Gasteiger charge is 2.02. The van der Waals surface area contributed by atoms with Gasteiger partial charge in [0.15, 0.2) is 0 Å². The van der Waals surface area contributed by atoms with Gasteiger partial charge < -0.3 is 10.1 Å². The number of allylic oxidation sites excluding steroid dienone is 1. The Morgan fingerprint density at radius 2 is 2.06 bits per heavy atom. The van der Waals surface area contributed by atoms with E-state index in [4.69, 9.17) is 4.74 Å². The normalized spacial score (nSPS) is 15.4. The molecule has 1 heterocycles. The van der Waals surface area contributed by atoms with Gasteiger partial charge >= 0.3 is 0 Å². The van der Waals surface area contributed by atoms with E-state index in [1.165, 1.54) is 5.56 Å². The molecule has 0 amide bonds. The average molecular weight is 217 g/mol. The van der Waals surface area contributed by atoms with Crippen molar-refractivity contribution >= 4 is 0 Å². The highest BCUT2D eigenvalue weighted by atomic mass is 16.5. The Morgan fingerprint density at radius 3 is 2.81 bits per heavy atom. The summed E-state index contributed by atoms with van der Waals surface area (Å²) >= 11 is 0. The minimum atomic E-state index is 0.868. The predicted octanol–water partition coefficient (Wildman–Crippen LogP) is 2.51. The summed E-state index contributed by atoms with van der Waals surface area (Å²) in [4.78, 5) is 0. The van der Waals surface area contributed by atoms with E-state index in [0.717, 1.165) is 44.7 Å². The van der Waals surface area contributed by atoms with Crippen LogP contribution in [0.5, 0.6) is 0 Å². The van der Waals surface area contributed by atoms with E-state index in [-0.39, 0.29) is 0 Å². The van der Waals surface area contributed by atoms with E-state index < -0.39 is 0 Å². The Labute approximate surface area is 97.3 Å². The summed E-state index contributed by atoms with van der Waals surface area (Å²) in [6, 6.07) is 10.6. The maximum absolute atomic E-state index is 5.53. The van der Waals surface area contributed by atoms with Crippen molar-refractivity contribution in [2.75, 3.05) is 19.7 Å². The molecule has 0 aromatic heterocycles. The van der Waals surface area contributed by atoms with Gasteiger partial charge in [-0.15, -0.1) is 0 Å². The molecule has 0 saturated heterocycles. The fourth-order valence-corrected chi connectivity index (χ4v) is 1.82. The number of ether oxygens (including phenoxy) is 1. The van der Waals surface area contributed by atoms with Crippen molar-refractivity contribution in [1.82, 2.24) is 5.32 Å². The molecular formula is C14H19NO. The molecule has 1 N–H and O–H groups in total. The van der Waals surface area contributed by atoms with Crippen LogP contribution in [0.15, 0.2) is 42.2 Å². The minimum Gasteiger partial charge on any atom is -0.497 e. The number of rotatable bonds is 5. The summed E-state index contributed by atoms with van der Waals surface area (Å²) in [5.74, 6) is 1.11. The van der Waals surface area contributed by atoms with Gasteiger partial charge in [-0.05, 0) is 37.4 Å². The van der Waals surface area contributed by atoms with Crippen LogP contribution in [0.25, 0.3) is 0 Å². The van der Waals surface area contributed by atoms with Gasteiger partial charge in [0.05, 0.1) is 13.2 Å². The van der Waals surface area contributed by atoms with Crippen LogP contribution < -0.4 is 5.32 Å². The van der Waals surface area contributed by atoms with Gasteiger partial charge in [0, 0.05) is 0 Å². The van der Waals surface area contributed by atoms with Crippen molar-refractivity contribution in [2.45, 2.75) is 19.3 Å². The van der Waals surface area contributed by atoms with E-state index >= 15 is 0 Å². The lowest BCUT2D eigenvalue weighted by Gasteiger charge is -2.15. The monoisotopic (exact) mass is 217 g/mol. The lowest BCUT2D eigenvalue weighted by Crippen LogP contribution is -2.22. The molecule has 0 radical (unpaired) electrons. The molecule has 2 heteroatoms. The standard InChI is InChI=1S/C14H19NO/c1-2-6-13(7-3-1)9-10-15-12-14-8-4-5-11-16-14/h1-3,6-8,15H,4-5,9-12H2. The minimum absolute atomic E-state index is 0.868. The lowest BCUT2D eigenvalue weighted by molar-refractivity contribution is 0.186. The molecule has 0 fully saturated rings. The Bertz CT molecular complexity index is 332. The van der Waals surface area contributed by atoms with Gasteiger partial charge in [0.1, 0.15) is 5.76 Å². The summed E-state index contributed by atoms with van der Waals surface area (Å²) in [5, 5.41) is 3.41. The summed E-state index contributed by atoms with van der Waals surface area (Å²) < 4.78 is 5.53. The van der Waals surface area contributed by atoms with Crippen molar-refractivity contribution in [2.24, 2.45) is 0 Å². The van der Waals surface area contributed by atoms with Crippen molar-refractivity contribution in [3.05, 3.63) is 47.7 Å². The molecule has 0 saturated carbocycles. The summed E-state index contributed by atoms with van der Waals surface area (Å²) in [5.41, 5.74) is 1.38. The van der Waals surface area contributed by atoms with Crippen LogP contribution >= 0.6 is 0 Å². The zero-order valence-corrected chi connectivity index (χ0v) is 9.61. The second-order valence-electron chi connectivity index (χ2n) is 4.07.